The highest BCUT2D eigenvalue weighted by Crippen LogP contribution is 2.19. The minimum atomic E-state index is -0.486. The number of ether oxygens (including phenoxy) is 1. The minimum Gasteiger partial charge on any atom is -0.427 e. The summed E-state index contributed by atoms with van der Waals surface area (Å²) in [7, 11) is 0. The fourth-order valence-electron chi connectivity index (χ4n) is 4.27. The van der Waals surface area contributed by atoms with Gasteiger partial charge in [0.1, 0.15) is 5.75 Å². The number of rotatable bonds is 16. The zero-order valence-corrected chi connectivity index (χ0v) is 21.3. The summed E-state index contributed by atoms with van der Waals surface area (Å²) in [6, 6.07) is 19.9. The van der Waals surface area contributed by atoms with Gasteiger partial charge in [0, 0.05) is 25.1 Å². The van der Waals surface area contributed by atoms with E-state index >= 15 is 0 Å². The number of hydrogen-bond donors (Lipinski definition) is 1. The number of amides is 1. The number of carbonyl (C=O) groups excluding carboxylic acids is 2. The molecule has 7 heteroatoms. The molecule has 0 fully saturated rings. The van der Waals surface area contributed by atoms with E-state index in [2.05, 4.69) is 29.6 Å². The number of nitro groups is 1. The number of hydrogen-bond acceptors (Lipinski definition) is 5. The molecule has 3 aromatic carbocycles. The highest BCUT2D eigenvalue weighted by molar-refractivity contribution is 5.85. The van der Waals surface area contributed by atoms with Gasteiger partial charge in [0.15, 0.2) is 0 Å². The molecule has 0 radical (unpaired) electrons. The van der Waals surface area contributed by atoms with E-state index in [1.165, 1.54) is 48.9 Å². The Hall–Kier alpha value is -3.74. The Morgan fingerprint density at radius 3 is 2.05 bits per heavy atom. The number of non-ortho nitro benzene ring substituents is 1. The van der Waals surface area contributed by atoms with Crippen molar-refractivity contribution in [1.82, 2.24) is 5.32 Å². The second-order valence-electron chi connectivity index (χ2n) is 9.37. The van der Waals surface area contributed by atoms with Gasteiger partial charge < -0.3 is 10.1 Å². The van der Waals surface area contributed by atoms with Crippen molar-refractivity contribution < 1.29 is 19.2 Å². The van der Waals surface area contributed by atoms with Crippen molar-refractivity contribution in [3.63, 3.8) is 0 Å². The van der Waals surface area contributed by atoms with Gasteiger partial charge in [-0.05, 0) is 41.3 Å². The molecule has 3 rings (SSSR count). The van der Waals surface area contributed by atoms with Crippen LogP contribution in [0.15, 0.2) is 66.7 Å². The lowest BCUT2D eigenvalue weighted by atomic mass is 10.0. The number of fused-ring (bicyclic) bond motifs is 1. The number of benzene rings is 3. The predicted octanol–water partition coefficient (Wildman–Crippen LogP) is 6.91. The van der Waals surface area contributed by atoms with Crippen LogP contribution in [0, 0.1) is 10.1 Å². The van der Waals surface area contributed by atoms with Gasteiger partial charge in [-0.25, -0.2) is 0 Å². The summed E-state index contributed by atoms with van der Waals surface area (Å²) in [4.78, 5) is 34.3. The average molecular weight is 505 g/mol. The number of esters is 1. The third kappa shape index (κ3) is 10.4. The lowest BCUT2D eigenvalue weighted by Gasteiger charge is -2.07. The summed E-state index contributed by atoms with van der Waals surface area (Å²) in [5.74, 6) is 0.102. The molecule has 0 saturated heterocycles. The Kier molecular flexibility index (Phi) is 11.6. The van der Waals surface area contributed by atoms with Gasteiger partial charge in [-0.15, -0.1) is 0 Å². The molecule has 0 saturated carbocycles. The van der Waals surface area contributed by atoms with Crippen LogP contribution in [0.1, 0.15) is 69.8 Å². The van der Waals surface area contributed by atoms with E-state index in [1.807, 2.05) is 18.2 Å². The monoisotopic (exact) mass is 504 g/mol. The van der Waals surface area contributed by atoms with Crippen molar-refractivity contribution in [1.29, 1.82) is 0 Å². The van der Waals surface area contributed by atoms with Crippen molar-refractivity contribution in [3.05, 3.63) is 82.4 Å². The molecule has 0 aliphatic carbocycles. The Balaban J connectivity index is 1.12. The third-order valence-corrected chi connectivity index (χ3v) is 6.34. The lowest BCUT2D eigenvalue weighted by molar-refractivity contribution is -0.384. The normalized spacial score (nSPS) is 10.8. The molecule has 0 atom stereocenters. The number of carbonyl (C=O) groups is 2. The van der Waals surface area contributed by atoms with Crippen LogP contribution in [0.4, 0.5) is 5.69 Å². The summed E-state index contributed by atoms with van der Waals surface area (Å²) in [5, 5.41) is 16.0. The maximum absolute atomic E-state index is 12.2. The molecule has 1 N–H and O–H groups in total. The van der Waals surface area contributed by atoms with E-state index < -0.39 is 4.92 Å². The molecule has 37 heavy (non-hydrogen) atoms. The molecule has 0 aromatic heterocycles. The first-order valence-electron chi connectivity index (χ1n) is 13.2. The van der Waals surface area contributed by atoms with E-state index in [1.54, 1.807) is 0 Å². The van der Waals surface area contributed by atoms with Crippen LogP contribution in [0.25, 0.3) is 10.8 Å². The summed E-state index contributed by atoms with van der Waals surface area (Å²) in [6.07, 6.45) is 10.4. The molecule has 0 bridgehead atoms. The van der Waals surface area contributed by atoms with E-state index in [0.29, 0.717) is 18.6 Å². The van der Waals surface area contributed by atoms with Gasteiger partial charge >= 0.3 is 5.97 Å². The largest absolute Gasteiger partial charge is 0.427 e. The Labute approximate surface area is 218 Å². The zero-order chi connectivity index (χ0) is 26.3. The molecule has 0 aliphatic rings. The summed E-state index contributed by atoms with van der Waals surface area (Å²) < 4.78 is 5.21. The van der Waals surface area contributed by atoms with Crippen LogP contribution in [0.2, 0.25) is 0 Å². The maximum atomic E-state index is 12.2. The van der Waals surface area contributed by atoms with Crippen LogP contribution in [-0.2, 0) is 16.0 Å². The molecule has 196 valence electrons. The molecule has 3 aromatic rings. The Morgan fingerprint density at radius 2 is 1.38 bits per heavy atom. The van der Waals surface area contributed by atoms with Gasteiger partial charge in [0.25, 0.3) is 5.69 Å². The van der Waals surface area contributed by atoms with Gasteiger partial charge in [0.05, 0.1) is 11.3 Å². The molecule has 7 nitrogen and oxygen atoms in total. The fraction of sp³-hybridized carbons (Fsp3) is 0.400. The topological polar surface area (TPSA) is 98.5 Å². The predicted molar refractivity (Wildman–Crippen MR) is 146 cm³/mol. The molecule has 0 spiro atoms. The summed E-state index contributed by atoms with van der Waals surface area (Å²) in [6.45, 7) is 0.725. The highest BCUT2D eigenvalue weighted by Gasteiger charge is 2.08. The van der Waals surface area contributed by atoms with Gasteiger partial charge in [-0.1, -0.05) is 87.4 Å². The lowest BCUT2D eigenvalue weighted by Crippen LogP contribution is -2.26. The van der Waals surface area contributed by atoms with Crippen molar-refractivity contribution >= 4 is 28.3 Å². The summed E-state index contributed by atoms with van der Waals surface area (Å²) >= 11 is 0. The van der Waals surface area contributed by atoms with E-state index in [9.17, 15) is 19.7 Å². The first-order valence-corrected chi connectivity index (χ1v) is 13.2. The van der Waals surface area contributed by atoms with Crippen molar-refractivity contribution in [2.75, 3.05) is 6.54 Å². The molecular weight excluding hydrogens is 468 g/mol. The molecule has 0 heterocycles. The SMILES string of the molecule is O=C(Cc1ccc2ccccc2c1)NCCCCCCCCCCCC(=O)Oc1ccc([N+](=O)[O-])cc1. The van der Waals surface area contributed by atoms with E-state index in [4.69, 9.17) is 4.74 Å². The van der Waals surface area contributed by atoms with Gasteiger partial charge in [-0.2, -0.15) is 0 Å². The quantitative estimate of drug-likeness (QED) is 0.0751. The van der Waals surface area contributed by atoms with Crippen molar-refractivity contribution in [2.45, 2.75) is 70.6 Å². The fourth-order valence-corrected chi connectivity index (χ4v) is 4.27. The summed E-state index contributed by atoms with van der Waals surface area (Å²) in [5.41, 5.74) is 1.01. The third-order valence-electron chi connectivity index (χ3n) is 6.34. The van der Waals surface area contributed by atoms with E-state index in [0.717, 1.165) is 56.0 Å². The van der Waals surface area contributed by atoms with Crippen LogP contribution in [0.3, 0.4) is 0 Å². The van der Waals surface area contributed by atoms with Crippen molar-refractivity contribution in [3.8, 4) is 5.75 Å². The number of nitrogens with one attached hydrogen (secondary N) is 1. The first kappa shape index (κ1) is 27.8. The average Bonchev–Trinajstić information content (AvgIpc) is 2.89. The first-order chi connectivity index (χ1) is 18.0. The Bertz CT molecular complexity index is 1160. The van der Waals surface area contributed by atoms with E-state index in [-0.39, 0.29) is 17.6 Å². The van der Waals surface area contributed by atoms with Crippen LogP contribution in [-0.4, -0.2) is 23.3 Å². The van der Waals surface area contributed by atoms with Crippen molar-refractivity contribution in [2.24, 2.45) is 0 Å². The molecule has 0 unspecified atom stereocenters. The number of nitro benzene ring substituents is 1. The standard InChI is InChI=1S/C30H36N2O5/c33-29(23-24-15-16-25-12-9-10-13-26(25)22-24)31-21-11-7-5-3-1-2-4-6-8-14-30(34)37-28-19-17-27(18-20-28)32(35)36/h9-10,12-13,15-20,22H,1-8,11,14,21,23H2,(H,31,33). The van der Waals surface area contributed by atoms with Gasteiger partial charge in [-0.3, -0.25) is 19.7 Å². The minimum absolute atomic E-state index is 0.0283. The van der Waals surface area contributed by atoms with Crippen LogP contribution >= 0.6 is 0 Å². The second kappa shape index (κ2) is 15.4. The zero-order valence-electron chi connectivity index (χ0n) is 21.3. The second-order valence-corrected chi connectivity index (χ2v) is 9.37. The molecular formula is C30H36N2O5. The van der Waals surface area contributed by atoms with Crippen LogP contribution in [0.5, 0.6) is 5.75 Å². The van der Waals surface area contributed by atoms with Gasteiger partial charge in [0.2, 0.25) is 5.91 Å². The number of unbranched alkanes of at least 4 members (excludes halogenated alkanes) is 8. The smallest absolute Gasteiger partial charge is 0.311 e. The highest BCUT2D eigenvalue weighted by atomic mass is 16.6. The Morgan fingerprint density at radius 1 is 0.757 bits per heavy atom. The molecule has 1 amide bonds. The maximum Gasteiger partial charge on any atom is 0.311 e. The number of nitrogens with zero attached hydrogens (tertiary/aromatic N) is 1. The van der Waals surface area contributed by atoms with Crippen LogP contribution < -0.4 is 10.1 Å². The molecule has 0 aliphatic heterocycles.